The molecule has 156 valence electrons. The van der Waals surface area contributed by atoms with Gasteiger partial charge in [-0.15, -0.1) is 11.3 Å². The Kier molecular flexibility index (Phi) is 4.48. The van der Waals surface area contributed by atoms with Gasteiger partial charge in [0.15, 0.2) is 17.3 Å². The summed E-state index contributed by atoms with van der Waals surface area (Å²) < 4.78 is 1.97. The molecular weight excluding hydrogens is 410 g/mol. The molecule has 9 heteroatoms. The van der Waals surface area contributed by atoms with Crippen molar-refractivity contribution in [1.82, 2.24) is 14.5 Å². The van der Waals surface area contributed by atoms with E-state index in [1.54, 1.807) is 11.8 Å². The predicted octanol–water partition coefficient (Wildman–Crippen LogP) is 4.08. The van der Waals surface area contributed by atoms with Crippen molar-refractivity contribution in [3.05, 3.63) is 64.7 Å². The fraction of sp³-hybridized carbons (Fsp3) is 0.182. The molecule has 1 aliphatic rings. The van der Waals surface area contributed by atoms with Crippen molar-refractivity contribution >= 4 is 51.0 Å². The van der Waals surface area contributed by atoms with Crippen molar-refractivity contribution in [2.24, 2.45) is 10.7 Å². The van der Waals surface area contributed by atoms with Crippen LogP contribution in [0.5, 0.6) is 0 Å². The molecule has 8 nitrogen and oxygen atoms in total. The number of nitrogens with two attached hydrogens (primary N) is 1. The smallest absolute Gasteiger partial charge is 0.230 e. The van der Waals surface area contributed by atoms with Crippen LogP contribution in [-0.4, -0.2) is 26.4 Å². The number of hydrogen-bond acceptors (Lipinski definition) is 7. The monoisotopic (exact) mass is 431 g/mol. The SMILES string of the molecule is CC(=O)N(c1nc(C2N=C(N)Nc3nc4ccccc4n32)cs1)c1cccc(C)c1C. The van der Waals surface area contributed by atoms with Gasteiger partial charge in [-0.3, -0.25) is 19.6 Å². The number of aromatic nitrogens is 3. The van der Waals surface area contributed by atoms with Gasteiger partial charge in [-0.1, -0.05) is 24.3 Å². The largest absolute Gasteiger partial charge is 0.370 e. The lowest BCUT2D eigenvalue weighted by Crippen LogP contribution is -2.31. The molecule has 0 saturated carbocycles. The van der Waals surface area contributed by atoms with E-state index in [0.29, 0.717) is 16.8 Å². The van der Waals surface area contributed by atoms with Crippen LogP contribution in [0.15, 0.2) is 52.8 Å². The van der Waals surface area contributed by atoms with Crippen LogP contribution in [-0.2, 0) is 4.79 Å². The Balaban J connectivity index is 1.61. The van der Waals surface area contributed by atoms with Crippen molar-refractivity contribution in [3.8, 4) is 0 Å². The molecule has 1 amide bonds. The normalized spacial score (nSPS) is 15.3. The van der Waals surface area contributed by atoms with Crippen LogP contribution in [0.4, 0.5) is 16.8 Å². The van der Waals surface area contributed by atoms with Gasteiger partial charge in [-0.25, -0.2) is 15.0 Å². The second-order valence-electron chi connectivity index (χ2n) is 7.44. The number of amides is 1. The lowest BCUT2D eigenvalue weighted by molar-refractivity contribution is -0.115. The number of aryl methyl sites for hydroxylation is 1. The summed E-state index contributed by atoms with van der Waals surface area (Å²) in [5, 5.41) is 5.54. The minimum Gasteiger partial charge on any atom is -0.370 e. The van der Waals surface area contributed by atoms with Gasteiger partial charge >= 0.3 is 0 Å². The van der Waals surface area contributed by atoms with Gasteiger partial charge in [0.25, 0.3) is 0 Å². The maximum absolute atomic E-state index is 12.6. The van der Waals surface area contributed by atoms with E-state index in [-0.39, 0.29) is 11.9 Å². The average molecular weight is 432 g/mol. The molecule has 0 fully saturated rings. The van der Waals surface area contributed by atoms with Crippen LogP contribution < -0.4 is 16.0 Å². The summed E-state index contributed by atoms with van der Waals surface area (Å²) in [7, 11) is 0. The summed E-state index contributed by atoms with van der Waals surface area (Å²) >= 11 is 1.40. The molecule has 1 unspecified atom stereocenters. The zero-order valence-electron chi connectivity index (χ0n) is 17.3. The van der Waals surface area contributed by atoms with Crippen LogP contribution in [0.2, 0.25) is 0 Å². The predicted molar refractivity (Wildman–Crippen MR) is 124 cm³/mol. The number of thiazole rings is 1. The number of para-hydroxylation sites is 2. The Labute approximate surface area is 183 Å². The van der Waals surface area contributed by atoms with E-state index in [1.807, 2.05) is 66.3 Å². The summed E-state index contributed by atoms with van der Waals surface area (Å²) in [6, 6.07) is 13.7. The lowest BCUT2D eigenvalue weighted by atomic mass is 10.1. The van der Waals surface area contributed by atoms with E-state index in [0.717, 1.165) is 27.8 Å². The number of benzene rings is 2. The molecule has 3 N–H and O–H groups in total. The van der Waals surface area contributed by atoms with Gasteiger partial charge in [0, 0.05) is 12.3 Å². The third-order valence-corrected chi connectivity index (χ3v) is 6.28. The molecule has 1 atom stereocenters. The van der Waals surface area contributed by atoms with Crippen molar-refractivity contribution in [3.63, 3.8) is 0 Å². The molecular formula is C22H21N7OS. The van der Waals surface area contributed by atoms with E-state index < -0.39 is 6.17 Å². The minimum absolute atomic E-state index is 0.100. The summed E-state index contributed by atoms with van der Waals surface area (Å²) in [6.07, 6.45) is -0.471. The maximum atomic E-state index is 12.6. The first-order valence-electron chi connectivity index (χ1n) is 9.83. The number of imidazole rings is 1. The molecule has 0 bridgehead atoms. The molecule has 3 heterocycles. The number of anilines is 3. The van der Waals surface area contributed by atoms with Crippen molar-refractivity contribution in [1.29, 1.82) is 0 Å². The molecule has 0 spiro atoms. The molecule has 0 aliphatic carbocycles. The highest BCUT2D eigenvalue weighted by Crippen LogP contribution is 2.37. The summed E-state index contributed by atoms with van der Waals surface area (Å²) in [5.41, 5.74) is 11.5. The van der Waals surface area contributed by atoms with E-state index in [9.17, 15) is 4.79 Å². The van der Waals surface area contributed by atoms with Gasteiger partial charge < -0.3 is 5.73 Å². The van der Waals surface area contributed by atoms with Gasteiger partial charge in [0.1, 0.15) is 0 Å². The zero-order chi connectivity index (χ0) is 21.7. The number of aliphatic imine (C=N–C) groups is 1. The summed E-state index contributed by atoms with van der Waals surface area (Å²) in [4.78, 5) is 28.3. The molecule has 4 aromatic rings. The van der Waals surface area contributed by atoms with Gasteiger partial charge in [-0.2, -0.15) is 0 Å². The Hall–Kier alpha value is -3.72. The van der Waals surface area contributed by atoms with Crippen LogP contribution >= 0.6 is 11.3 Å². The second-order valence-corrected chi connectivity index (χ2v) is 8.27. The number of rotatable bonds is 3. The van der Waals surface area contributed by atoms with Crippen molar-refractivity contribution in [2.45, 2.75) is 26.9 Å². The van der Waals surface area contributed by atoms with E-state index in [2.05, 4.69) is 15.3 Å². The number of nitrogens with one attached hydrogen (secondary N) is 1. The summed E-state index contributed by atoms with van der Waals surface area (Å²) in [6.45, 7) is 5.59. The number of hydrogen-bond donors (Lipinski definition) is 2. The van der Waals surface area contributed by atoms with Crippen molar-refractivity contribution < 1.29 is 4.79 Å². The van der Waals surface area contributed by atoms with Crippen LogP contribution in [0.1, 0.15) is 29.9 Å². The van der Waals surface area contributed by atoms with Crippen LogP contribution in [0.25, 0.3) is 11.0 Å². The molecule has 0 saturated heterocycles. The Morgan fingerprint density at radius 3 is 2.77 bits per heavy atom. The fourth-order valence-corrected chi connectivity index (χ4v) is 4.69. The minimum atomic E-state index is -0.471. The molecule has 31 heavy (non-hydrogen) atoms. The number of carbonyl (C=O) groups excluding carboxylic acids is 1. The Morgan fingerprint density at radius 1 is 1.16 bits per heavy atom. The topological polar surface area (TPSA) is 101 Å². The van der Waals surface area contributed by atoms with Crippen LogP contribution in [0, 0.1) is 13.8 Å². The van der Waals surface area contributed by atoms with E-state index in [1.165, 1.54) is 11.3 Å². The number of carbonyl (C=O) groups is 1. The maximum Gasteiger partial charge on any atom is 0.230 e. The van der Waals surface area contributed by atoms with Crippen LogP contribution in [0.3, 0.4) is 0 Å². The molecule has 2 aromatic heterocycles. The first-order valence-corrected chi connectivity index (χ1v) is 10.7. The third kappa shape index (κ3) is 3.14. The molecule has 5 rings (SSSR count). The van der Waals surface area contributed by atoms with E-state index in [4.69, 9.17) is 10.7 Å². The fourth-order valence-electron chi connectivity index (χ4n) is 3.80. The Morgan fingerprint density at radius 2 is 1.97 bits per heavy atom. The number of guanidine groups is 1. The van der Waals surface area contributed by atoms with E-state index >= 15 is 0 Å². The van der Waals surface area contributed by atoms with Gasteiger partial charge in [0.05, 0.1) is 22.4 Å². The average Bonchev–Trinajstić information content (AvgIpc) is 3.35. The first kappa shape index (κ1) is 19.3. The second kappa shape index (κ2) is 7.21. The highest BCUT2D eigenvalue weighted by atomic mass is 32.1. The van der Waals surface area contributed by atoms with Gasteiger partial charge in [-0.05, 0) is 43.2 Å². The third-order valence-electron chi connectivity index (χ3n) is 5.44. The standard InChI is InChI=1S/C22H21N7OS/c1-12-7-6-10-17(13(12)2)28(14(3)30)22-25-16(11-31-22)19-26-20(23)27-21-24-15-8-4-5-9-18(15)29(19)21/h4-11,19H,1-3H3,(H3,23,24,26,27). The highest BCUT2D eigenvalue weighted by molar-refractivity contribution is 7.14. The van der Waals surface area contributed by atoms with Crippen molar-refractivity contribution in [2.75, 3.05) is 10.2 Å². The number of nitrogens with zero attached hydrogens (tertiary/aromatic N) is 5. The molecule has 1 aliphatic heterocycles. The molecule has 2 aromatic carbocycles. The quantitative estimate of drug-likeness (QED) is 0.509. The Bertz CT molecular complexity index is 1350. The highest BCUT2D eigenvalue weighted by Gasteiger charge is 2.28. The summed E-state index contributed by atoms with van der Waals surface area (Å²) in [5.74, 6) is 0.795. The first-order chi connectivity index (χ1) is 14.9. The van der Waals surface area contributed by atoms with Gasteiger partial charge in [0.2, 0.25) is 11.9 Å². The zero-order valence-corrected chi connectivity index (χ0v) is 18.1. The number of fused-ring (bicyclic) bond motifs is 3. The molecule has 0 radical (unpaired) electrons. The lowest BCUT2D eigenvalue weighted by Gasteiger charge is -2.23.